The van der Waals surface area contributed by atoms with E-state index >= 15 is 0 Å². The van der Waals surface area contributed by atoms with Crippen LogP contribution in [0.25, 0.3) is 0 Å². The van der Waals surface area contributed by atoms with Gasteiger partial charge in [0.15, 0.2) is 0 Å². The molecule has 1 spiro atoms. The minimum Gasteiger partial charge on any atom is -0.390 e. The zero-order chi connectivity index (χ0) is 8.44. The van der Waals surface area contributed by atoms with Crippen LogP contribution in [-0.2, 0) is 4.74 Å². The molecule has 12 heavy (non-hydrogen) atoms. The maximum absolute atomic E-state index is 9.82. The topological polar surface area (TPSA) is 41.5 Å². The van der Waals surface area contributed by atoms with Crippen molar-refractivity contribution in [2.45, 2.75) is 37.4 Å². The molecule has 3 heteroatoms. The summed E-state index contributed by atoms with van der Waals surface area (Å²) < 4.78 is 5.71. The van der Waals surface area contributed by atoms with E-state index in [-0.39, 0.29) is 11.7 Å². The lowest BCUT2D eigenvalue weighted by atomic mass is 9.84. The Hall–Kier alpha value is -0.120. The van der Waals surface area contributed by atoms with E-state index in [9.17, 15) is 5.11 Å². The Morgan fingerprint density at radius 2 is 2.33 bits per heavy atom. The highest BCUT2D eigenvalue weighted by molar-refractivity contribution is 4.95. The molecule has 0 aromatic heterocycles. The fourth-order valence-corrected chi connectivity index (χ4v) is 2.22. The molecule has 70 valence electrons. The zero-order valence-corrected chi connectivity index (χ0v) is 7.38. The van der Waals surface area contributed by atoms with Gasteiger partial charge < -0.3 is 15.2 Å². The molecule has 0 radical (unpaired) electrons. The van der Waals surface area contributed by atoms with Crippen molar-refractivity contribution >= 4 is 0 Å². The van der Waals surface area contributed by atoms with Gasteiger partial charge in [-0.1, -0.05) is 0 Å². The molecule has 2 atom stereocenters. The van der Waals surface area contributed by atoms with E-state index in [1.54, 1.807) is 0 Å². The van der Waals surface area contributed by atoms with Crippen LogP contribution in [0.1, 0.15) is 25.7 Å². The molecule has 2 aliphatic rings. The molecular weight excluding hydrogens is 154 g/mol. The molecule has 2 saturated heterocycles. The van der Waals surface area contributed by atoms with Crippen molar-refractivity contribution in [1.82, 2.24) is 5.32 Å². The summed E-state index contributed by atoms with van der Waals surface area (Å²) in [6.07, 6.45) is 3.79. The van der Waals surface area contributed by atoms with Crippen molar-refractivity contribution in [3.63, 3.8) is 0 Å². The first-order valence-electron chi connectivity index (χ1n) is 4.86. The second-order valence-corrected chi connectivity index (χ2v) is 3.85. The summed E-state index contributed by atoms with van der Waals surface area (Å²) in [7, 11) is 0. The van der Waals surface area contributed by atoms with Crippen LogP contribution in [0, 0.1) is 0 Å². The van der Waals surface area contributed by atoms with E-state index in [2.05, 4.69) is 5.32 Å². The molecule has 2 aliphatic heterocycles. The molecule has 0 bridgehead atoms. The third kappa shape index (κ3) is 1.37. The predicted octanol–water partition coefficient (Wildman–Crippen LogP) is 0.280. The standard InChI is InChI=1S/C9H17NO2/c11-8-3-1-6-12-9(8)4-2-5-10-7-9/h8,10-11H,1-7H2/t8-,9+/m0/s1. The molecule has 2 N–H and O–H groups in total. The molecule has 2 fully saturated rings. The maximum Gasteiger partial charge on any atom is 0.106 e. The Labute approximate surface area is 73.1 Å². The van der Waals surface area contributed by atoms with Crippen molar-refractivity contribution in [1.29, 1.82) is 0 Å². The number of piperidine rings is 1. The number of ether oxygens (including phenoxy) is 1. The van der Waals surface area contributed by atoms with E-state index < -0.39 is 0 Å². The van der Waals surface area contributed by atoms with Crippen LogP contribution in [0.3, 0.4) is 0 Å². The third-order valence-electron chi connectivity index (χ3n) is 3.00. The Morgan fingerprint density at radius 3 is 3.00 bits per heavy atom. The molecule has 0 aliphatic carbocycles. The fraction of sp³-hybridized carbons (Fsp3) is 1.00. The first-order chi connectivity index (χ1) is 5.83. The van der Waals surface area contributed by atoms with Crippen LogP contribution < -0.4 is 5.32 Å². The Kier molecular flexibility index (Phi) is 2.35. The van der Waals surface area contributed by atoms with Crippen molar-refractivity contribution in [2.75, 3.05) is 19.7 Å². The molecule has 2 heterocycles. The second kappa shape index (κ2) is 3.32. The lowest BCUT2D eigenvalue weighted by molar-refractivity contribution is -0.162. The van der Waals surface area contributed by atoms with Gasteiger partial charge in [-0.05, 0) is 32.2 Å². The minimum absolute atomic E-state index is 0.240. The van der Waals surface area contributed by atoms with Crippen LogP contribution in [0.15, 0.2) is 0 Å². The van der Waals surface area contributed by atoms with Crippen LogP contribution >= 0.6 is 0 Å². The van der Waals surface area contributed by atoms with Gasteiger partial charge >= 0.3 is 0 Å². The van der Waals surface area contributed by atoms with Gasteiger partial charge in [-0.15, -0.1) is 0 Å². The van der Waals surface area contributed by atoms with Crippen molar-refractivity contribution in [3.05, 3.63) is 0 Å². The average molecular weight is 171 g/mol. The van der Waals surface area contributed by atoms with E-state index in [1.165, 1.54) is 0 Å². The Bertz CT molecular complexity index is 146. The lowest BCUT2D eigenvalue weighted by Crippen LogP contribution is -2.57. The van der Waals surface area contributed by atoms with Crippen molar-refractivity contribution in [3.8, 4) is 0 Å². The summed E-state index contributed by atoms with van der Waals surface area (Å²) in [5.41, 5.74) is -0.240. The van der Waals surface area contributed by atoms with Crippen LogP contribution in [0.5, 0.6) is 0 Å². The molecule has 0 saturated carbocycles. The highest BCUT2D eigenvalue weighted by atomic mass is 16.5. The van der Waals surface area contributed by atoms with Gasteiger partial charge in [-0.25, -0.2) is 0 Å². The Morgan fingerprint density at radius 1 is 1.42 bits per heavy atom. The van der Waals surface area contributed by atoms with E-state index in [0.29, 0.717) is 0 Å². The van der Waals surface area contributed by atoms with Gasteiger partial charge in [-0.2, -0.15) is 0 Å². The summed E-state index contributed by atoms with van der Waals surface area (Å²) in [6, 6.07) is 0. The van der Waals surface area contributed by atoms with Gasteiger partial charge in [0.25, 0.3) is 0 Å². The van der Waals surface area contributed by atoms with E-state index in [4.69, 9.17) is 4.74 Å². The van der Waals surface area contributed by atoms with Gasteiger partial charge in [0.05, 0.1) is 6.10 Å². The Balaban J connectivity index is 2.04. The maximum atomic E-state index is 9.82. The molecule has 0 aromatic rings. The quantitative estimate of drug-likeness (QED) is 0.550. The van der Waals surface area contributed by atoms with E-state index in [1.807, 2.05) is 0 Å². The summed E-state index contributed by atoms with van der Waals surface area (Å²) in [6.45, 7) is 2.71. The van der Waals surface area contributed by atoms with Gasteiger partial charge in [0.1, 0.15) is 5.60 Å². The average Bonchev–Trinajstić information content (AvgIpc) is 2.12. The molecule has 0 amide bonds. The lowest BCUT2D eigenvalue weighted by Gasteiger charge is -2.44. The molecule has 0 aromatic carbocycles. The van der Waals surface area contributed by atoms with Gasteiger partial charge in [0.2, 0.25) is 0 Å². The number of aliphatic hydroxyl groups excluding tert-OH is 1. The highest BCUT2D eigenvalue weighted by Gasteiger charge is 2.41. The van der Waals surface area contributed by atoms with Gasteiger partial charge in [-0.3, -0.25) is 0 Å². The van der Waals surface area contributed by atoms with E-state index in [0.717, 1.165) is 45.4 Å². The zero-order valence-electron chi connectivity index (χ0n) is 7.38. The summed E-state index contributed by atoms with van der Waals surface area (Å²) in [5.74, 6) is 0. The number of nitrogens with one attached hydrogen (secondary N) is 1. The van der Waals surface area contributed by atoms with Gasteiger partial charge in [0, 0.05) is 13.2 Å². The first kappa shape index (κ1) is 8.48. The fourth-order valence-electron chi connectivity index (χ4n) is 2.22. The summed E-state index contributed by atoms with van der Waals surface area (Å²) in [4.78, 5) is 0. The number of hydrogen-bond donors (Lipinski definition) is 2. The third-order valence-corrected chi connectivity index (χ3v) is 3.00. The molecule has 0 unspecified atom stereocenters. The SMILES string of the molecule is O[C@H]1CCCO[C@@]12CCCNC2. The minimum atomic E-state index is -0.251. The molecular formula is C9H17NO2. The summed E-state index contributed by atoms with van der Waals surface area (Å²) in [5, 5.41) is 13.1. The number of hydrogen-bond acceptors (Lipinski definition) is 3. The predicted molar refractivity (Wildman–Crippen MR) is 46.0 cm³/mol. The second-order valence-electron chi connectivity index (χ2n) is 3.85. The van der Waals surface area contributed by atoms with Crippen LogP contribution in [0.2, 0.25) is 0 Å². The highest BCUT2D eigenvalue weighted by Crippen LogP contribution is 2.31. The molecule has 2 rings (SSSR count). The monoisotopic (exact) mass is 171 g/mol. The van der Waals surface area contributed by atoms with Crippen molar-refractivity contribution < 1.29 is 9.84 Å². The summed E-state index contributed by atoms with van der Waals surface area (Å²) >= 11 is 0. The van der Waals surface area contributed by atoms with Crippen LogP contribution in [-0.4, -0.2) is 36.5 Å². The van der Waals surface area contributed by atoms with Crippen molar-refractivity contribution in [2.24, 2.45) is 0 Å². The first-order valence-corrected chi connectivity index (χ1v) is 4.86. The largest absolute Gasteiger partial charge is 0.390 e. The smallest absolute Gasteiger partial charge is 0.106 e. The normalized spacial score (nSPS) is 43.2. The number of rotatable bonds is 0. The van der Waals surface area contributed by atoms with Crippen LogP contribution in [0.4, 0.5) is 0 Å². The molecule has 3 nitrogen and oxygen atoms in total. The number of aliphatic hydroxyl groups is 1.